The quantitative estimate of drug-likeness (QED) is 0.415. The largest absolute Gasteiger partial charge is 0.400 e. The summed E-state index contributed by atoms with van der Waals surface area (Å²) in [6.07, 6.45) is 0. The zero-order chi connectivity index (χ0) is 5.41. The van der Waals surface area contributed by atoms with E-state index in [2.05, 4.69) is 0 Å². The molecule has 0 aromatic carbocycles. The molecule has 0 amide bonds. The van der Waals surface area contributed by atoms with E-state index < -0.39 is 0 Å². The van der Waals surface area contributed by atoms with Gasteiger partial charge in [0, 0.05) is 7.11 Å². The first-order valence-corrected chi connectivity index (χ1v) is 1.58. The molecule has 0 bridgehead atoms. The SMILES string of the molecule is C.CO.OCCO. The van der Waals surface area contributed by atoms with Gasteiger partial charge in [-0.05, 0) is 0 Å². The van der Waals surface area contributed by atoms with Gasteiger partial charge in [0.2, 0.25) is 0 Å². The summed E-state index contributed by atoms with van der Waals surface area (Å²) in [6.45, 7) is -0.250. The van der Waals surface area contributed by atoms with Crippen LogP contribution in [0.2, 0.25) is 0 Å². The van der Waals surface area contributed by atoms with Gasteiger partial charge >= 0.3 is 0 Å². The predicted octanol–water partition coefficient (Wildman–Crippen LogP) is -0.784. The van der Waals surface area contributed by atoms with Gasteiger partial charge in [-0.15, -0.1) is 0 Å². The van der Waals surface area contributed by atoms with E-state index in [-0.39, 0.29) is 20.6 Å². The molecule has 0 aliphatic rings. The van der Waals surface area contributed by atoms with Crippen LogP contribution in [0, 0.1) is 0 Å². The molecule has 0 atom stereocenters. The summed E-state index contributed by atoms with van der Waals surface area (Å²) in [5.41, 5.74) is 0. The Morgan fingerprint density at radius 3 is 1.14 bits per heavy atom. The van der Waals surface area contributed by atoms with Gasteiger partial charge in [0.05, 0.1) is 13.2 Å². The Kier molecular flexibility index (Phi) is 89.4. The van der Waals surface area contributed by atoms with Crippen LogP contribution in [0.4, 0.5) is 0 Å². The fraction of sp³-hybridized carbons (Fsp3) is 1.00. The van der Waals surface area contributed by atoms with Crippen LogP contribution in [0.5, 0.6) is 0 Å². The number of aliphatic hydroxyl groups excluding tert-OH is 3. The summed E-state index contributed by atoms with van der Waals surface area (Å²) in [5.74, 6) is 0. The van der Waals surface area contributed by atoms with Crippen molar-refractivity contribution in [2.45, 2.75) is 7.43 Å². The molecule has 0 aromatic rings. The lowest BCUT2D eigenvalue weighted by Gasteiger charge is -1.70. The van der Waals surface area contributed by atoms with Crippen molar-refractivity contribution in [2.75, 3.05) is 20.3 Å². The van der Waals surface area contributed by atoms with E-state index in [9.17, 15) is 0 Å². The van der Waals surface area contributed by atoms with Crippen LogP contribution in [-0.2, 0) is 0 Å². The Balaban J connectivity index is -0.0000000480. The predicted molar refractivity (Wildman–Crippen MR) is 29.0 cm³/mol. The van der Waals surface area contributed by atoms with Crippen molar-refractivity contribution in [1.82, 2.24) is 0 Å². The monoisotopic (exact) mass is 110 g/mol. The normalized spacial score (nSPS) is 5.14. The van der Waals surface area contributed by atoms with Gasteiger partial charge in [-0.2, -0.15) is 0 Å². The van der Waals surface area contributed by atoms with Crippen molar-refractivity contribution in [2.24, 2.45) is 0 Å². The molecule has 0 radical (unpaired) electrons. The van der Waals surface area contributed by atoms with Gasteiger partial charge in [0.15, 0.2) is 0 Å². The summed E-state index contributed by atoms with van der Waals surface area (Å²) < 4.78 is 0. The van der Waals surface area contributed by atoms with Crippen LogP contribution < -0.4 is 0 Å². The summed E-state index contributed by atoms with van der Waals surface area (Å²) >= 11 is 0. The second kappa shape index (κ2) is 39.6. The lowest BCUT2D eigenvalue weighted by atomic mass is 10.8. The molecule has 3 heteroatoms. The van der Waals surface area contributed by atoms with Gasteiger partial charge < -0.3 is 15.3 Å². The van der Waals surface area contributed by atoms with Crippen molar-refractivity contribution in [3.05, 3.63) is 0 Å². The molecule has 3 nitrogen and oxygen atoms in total. The summed E-state index contributed by atoms with van der Waals surface area (Å²) in [7, 11) is 1.00. The second-order valence-corrected chi connectivity index (χ2v) is 0.447. The summed E-state index contributed by atoms with van der Waals surface area (Å²) in [5, 5.41) is 22.2. The maximum absolute atomic E-state index is 7.62. The Morgan fingerprint density at radius 1 is 1.00 bits per heavy atom. The standard InChI is InChI=1S/C2H6O2.CH4O.CH4/c3-1-2-4;1-2;/h3-4H,1-2H2;2H,1H3;1H4. The van der Waals surface area contributed by atoms with E-state index in [1.165, 1.54) is 0 Å². The van der Waals surface area contributed by atoms with Crippen LogP contribution in [0.3, 0.4) is 0 Å². The first-order valence-electron chi connectivity index (χ1n) is 1.58. The molecule has 7 heavy (non-hydrogen) atoms. The number of hydrogen-bond acceptors (Lipinski definition) is 3. The molecule has 0 heterocycles. The Morgan fingerprint density at radius 2 is 1.14 bits per heavy atom. The zero-order valence-corrected chi connectivity index (χ0v) is 3.76. The third-order valence-electron chi connectivity index (χ3n) is 0.1000. The first-order chi connectivity index (χ1) is 2.91. The number of rotatable bonds is 1. The van der Waals surface area contributed by atoms with Crippen molar-refractivity contribution in [3.8, 4) is 0 Å². The van der Waals surface area contributed by atoms with Gasteiger partial charge in [0.25, 0.3) is 0 Å². The van der Waals surface area contributed by atoms with Crippen molar-refractivity contribution in [1.29, 1.82) is 0 Å². The molecular formula is C4H14O3. The smallest absolute Gasteiger partial charge is 0.0662 e. The summed E-state index contributed by atoms with van der Waals surface area (Å²) in [6, 6.07) is 0. The topological polar surface area (TPSA) is 60.7 Å². The average Bonchev–Trinajstić information content (AvgIpc) is 1.72. The van der Waals surface area contributed by atoms with Gasteiger partial charge in [0.1, 0.15) is 0 Å². The van der Waals surface area contributed by atoms with Crippen molar-refractivity contribution in [3.63, 3.8) is 0 Å². The van der Waals surface area contributed by atoms with Crippen molar-refractivity contribution >= 4 is 0 Å². The number of hydrogen-bond donors (Lipinski definition) is 3. The highest BCUT2D eigenvalue weighted by Gasteiger charge is 1.58. The van der Waals surface area contributed by atoms with Gasteiger partial charge in [-0.1, -0.05) is 7.43 Å². The van der Waals surface area contributed by atoms with E-state index in [1.54, 1.807) is 0 Å². The van der Waals surface area contributed by atoms with Crippen molar-refractivity contribution < 1.29 is 15.3 Å². The van der Waals surface area contributed by atoms with Gasteiger partial charge in [-0.25, -0.2) is 0 Å². The number of aliphatic hydroxyl groups is 3. The minimum atomic E-state index is -0.125. The third kappa shape index (κ3) is 114. The van der Waals surface area contributed by atoms with E-state index in [4.69, 9.17) is 15.3 Å². The molecule has 0 rings (SSSR count). The molecule has 48 valence electrons. The van der Waals surface area contributed by atoms with Crippen LogP contribution in [-0.4, -0.2) is 35.6 Å². The van der Waals surface area contributed by atoms with Crippen LogP contribution in [0.15, 0.2) is 0 Å². The summed E-state index contributed by atoms with van der Waals surface area (Å²) in [4.78, 5) is 0. The molecule has 0 saturated carbocycles. The Hall–Kier alpha value is -0.120. The maximum Gasteiger partial charge on any atom is 0.0662 e. The highest BCUT2D eigenvalue weighted by Crippen LogP contribution is 1.39. The Bertz CT molecular complexity index is 8.90. The first kappa shape index (κ1) is 15.8. The average molecular weight is 110 g/mol. The third-order valence-corrected chi connectivity index (χ3v) is 0.1000. The molecule has 0 aromatic heterocycles. The van der Waals surface area contributed by atoms with Gasteiger partial charge in [-0.3, -0.25) is 0 Å². The van der Waals surface area contributed by atoms with Crippen LogP contribution >= 0.6 is 0 Å². The molecule has 0 unspecified atom stereocenters. The second-order valence-electron chi connectivity index (χ2n) is 0.447. The fourth-order valence-electron chi connectivity index (χ4n) is 0. The van der Waals surface area contributed by atoms with E-state index in [0.717, 1.165) is 7.11 Å². The van der Waals surface area contributed by atoms with Crippen LogP contribution in [0.1, 0.15) is 7.43 Å². The molecular weight excluding hydrogens is 96.0 g/mol. The Labute approximate surface area is 44.2 Å². The van der Waals surface area contributed by atoms with E-state index >= 15 is 0 Å². The van der Waals surface area contributed by atoms with Crippen LogP contribution in [0.25, 0.3) is 0 Å². The lowest BCUT2D eigenvalue weighted by Crippen LogP contribution is -1.85. The molecule has 0 spiro atoms. The van der Waals surface area contributed by atoms with E-state index in [1.807, 2.05) is 0 Å². The molecule has 0 aliphatic heterocycles. The molecule has 0 saturated heterocycles. The molecule has 0 aliphatic carbocycles. The molecule has 0 fully saturated rings. The minimum Gasteiger partial charge on any atom is -0.400 e. The minimum absolute atomic E-state index is 0. The lowest BCUT2D eigenvalue weighted by molar-refractivity contribution is 0.186. The maximum atomic E-state index is 7.62. The zero-order valence-electron chi connectivity index (χ0n) is 3.76. The highest BCUT2D eigenvalue weighted by atomic mass is 16.3. The molecule has 3 N–H and O–H groups in total. The fourth-order valence-corrected chi connectivity index (χ4v) is 0. The highest BCUT2D eigenvalue weighted by molar-refractivity contribution is 4.06. The van der Waals surface area contributed by atoms with E-state index in [0.29, 0.717) is 0 Å².